The second kappa shape index (κ2) is 10.4. The Hall–Kier alpha value is -2.80. The molecule has 1 aliphatic rings. The van der Waals surface area contributed by atoms with Gasteiger partial charge in [-0.05, 0) is 66.6 Å². The maximum Gasteiger partial charge on any atom is 0.363 e. The van der Waals surface area contributed by atoms with Gasteiger partial charge in [-0.2, -0.15) is 0 Å². The Balaban J connectivity index is 1.61. The maximum atomic E-state index is 12.4. The molecule has 0 saturated heterocycles. The maximum absolute atomic E-state index is 12.4. The standard InChI is InChI=1S/C25H18BrCl2NO4/c1-2-31-22-12-16(10-20(28)23(22)32-14-15-5-3-8-19(27)9-15)11-21-25(30)33-24(29-21)17-6-4-7-18(26)13-17/h3-13H,2,14H2,1H3/b21-11-. The van der Waals surface area contributed by atoms with E-state index in [4.69, 9.17) is 37.4 Å². The van der Waals surface area contributed by atoms with Gasteiger partial charge >= 0.3 is 5.97 Å². The largest absolute Gasteiger partial charge is 0.490 e. The van der Waals surface area contributed by atoms with Crippen LogP contribution in [0.25, 0.3) is 6.08 Å². The van der Waals surface area contributed by atoms with Gasteiger partial charge in [0.05, 0.1) is 11.6 Å². The summed E-state index contributed by atoms with van der Waals surface area (Å²) in [6.07, 6.45) is 1.60. The summed E-state index contributed by atoms with van der Waals surface area (Å²) in [5.74, 6) is 0.569. The zero-order valence-corrected chi connectivity index (χ0v) is 20.6. The lowest BCUT2D eigenvalue weighted by Gasteiger charge is -2.14. The molecule has 0 unspecified atom stereocenters. The predicted molar refractivity (Wildman–Crippen MR) is 133 cm³/mol. The van der Waals surface area contributed by atoms with Gasteiger partial charge in [0.1, 0.15) is 6.61 Å². The van der Waals surface area contributed by atoms with Crippen LogP contribution in [0.4, 0.5) is 0 Å². The molecule has 0 amide bonds. The summed E-state index contributed by atoms with van der Waals surface area (Å²) in [5, 5.41) is 0.970. The fourth-order valence-electron chi connectivity index (χ4n) is 3.17. The molecular formula is C25H18BrCl2NO4. The van der Waals surface area contributed by atoms with E-state index < -0.39 is 5.97 Å². The summed E-state index contributed by atoms with van der Waals surface area (Å²) in [6, 6.07) is 18.2. The number of rotatable bonds is 7. The third-order valence-corrected chi connectivity index (χ3v) is 5.61. The molecule has 0 spiro atoms. The van der Waals surface area contributed by atoms with Gasteiger partial charge in [0.15, 0.2) is 17.2 Å². The minimum atomic E-state index is -0.541. The molecule has 0 saturated carbocycles. The molecule has 0 atom stereocenters. The summed E-state index contributed by atoms with van der Waals surface area (Å²) >= 11 is 16.0. The fourth-order valence-corrected chi connectivity index (χ4v) is 4.05. The number of benzene rings is 3. The van der Waals surface area contributed by atoms with E-state index in [0.717, 1.165) is 10.0 Å². The van der Waals surface area contributed by atoms with Gasteiger partial charge in [-0.1, -0.05) is 57.3 Å². The number of cyclic esters (lactones) is 1. The smallest absolute Gasteiger partial charge is 0.363 e. The minimum Gasteiger partial charge on any atom is -0.490 e. The second-order valence-electron chi connectivity index (χ2n) is 7.03. The van der Waals surface area contributed by atoms with Gasteiger partial charge in [-0.25, -0.2) is 9.79 Å². The van der Waals surface area contributed by atoms with E-state index in [-0.39, 0.29) is 18.2 Å². The average Bonchev–Trinajstić information content (AvgIpc) is 3.14. The summed E-state index contributed by atoms with van der Waals surface area (Å²) in [6.45, 7) is 2.55. The SMILES string of the molecule is CCOc1cc(/C=C2\N=C(c3cccc(Br)c3)OC2=O)cc(Cl)c1OCc1cccc(Cl)c1. The van der Waals surface area contributed by atoms with Crippen LogP contribution in [0.1, 0.15) is 23.6 Å². The van der Waals surface area contributed by atoms with Crippen molar-refractivity contribution in [2.45, 2.75) is 13.5 Å². The van der Waals surface area contributed by atoms with Crippen LogP contribution in [0.3, 0.4) is 0 Å². The van der Waals surface area contributed by atoms with Crippen LogP contribution in [0.15, 0.2) is 75.8 Å². The average molecular weight is 547 g/mol. The van der Waals surface area contributed by atoms with E-state index in [2.05, 4.69) is 20.9 Å². The predicted octanol–water partition coefficient (Wildman–Crippen LogP) is 7.08. The molecule has 8 heteroatoms. The third kappa shape index (κ3) is 5.77. The van der Waals surface area contributed by atoms with Crippen molar-refractivity contribution in [3.05, 3.63) is 97.6 Å². The number of ether oxygens (including phenoxy) is 3. The lowest BCUT2D eigenvalue weighted by Crippen LogP contribution is -2.05. The van der Waals surface area contributed by atoms with Crippen LogP contribution in [0.2, 0.25) is 10.0 Å². The molecule has 0 aliphatic carbocycles. The first-order chi connectivity index (χ1) is 15.9. The second-order valence-corrected chi connectivity index (χ2v) is 8.79. The molecule has 0 N–H and O–H groups in total. The fraction of sp³-hybridized carbons (Fsp3) is 0.120. The molecule has 3 aromatic rings. The quantitative estimate of drug-likeness (QED) is 0.235. The van der Waals surface area contributed by atoms with E-state index in [9.17, 15) is 4.79 Å². The number of hydrogen-bond donors (Lipinski definition) is 0. The molecule has 0 fully saturated rings. The molecule has 168 valence electrons. The lowest BCUT2D eigenvalue weighted by molar-refractivity contribution is -0.129. The van der Waals surface area contributed by atoms with Gasteiger partial charge in [0.2, 0.25) is 5.90 Å². The van der Waals surface area contributed by atoms with Crippen molar-refractivity contribution in [2.24, 2.45) is 4.99 Å². The van der Waals surface area contributed by atoms with Gasteiger partial charge in [-0.15, -0.1) is 0 Å². The molecule has 33 heavy (non-hydrogen) atoms. The number of esters is 1. The molecular weight excluding hydrogens is 529 g/mol. The number of halogens is 3. The van der Waals surface area contributed by atoms with Crippen molar-refractivity contribution in [1.29, 1.82) is 0 Å². The highest BCUT2D eigenvalue weighted by atomic mass is 79.9. The Morgan fingerprint density at radius 3 is 2.64 bits per heavy atom. The molecule has 1 heterocycles. The topological polar surface area (TPSA) is 57.1 Å². The molecule has 5 nitrogen and oxygen atoms in total. The van der Waals surface area contributed by atoms with Crippen molar-refractivity contribution >= 4 is 57.1 Å². The van der Waals surface area contributed by atoms with E-state index in [1.165, 1.54) is 0 Å². The van der Waals surface area contributed by atoms with Crippen molar-refractivity contribution < 1.29 is 19.0 Å². The van der Waals surface area contributed by atoms with E-state index in [1.54, 1.807) is 24.3 Å². The van der Waals surface area contributed by atoms with Crippen LogP contribution >= 0.6 is 39.1 Å². The number of carbonyl (C=O) groups excluding carboxylic acids is 1. The van der Waals surface area contributed by atoms with Crippen LogP contribution in [-0.4, -0.2) is 18.5 Å². The van der Waals surface area contributed by atoms with Gasteiger partial charge in [0, 0.05) is 15.1 Å². The number of hydrogen-bond acceptors (Lipinski definition) is 5. The van der Waals surface area contributed by atoms with E-state index in [1.807, 2.05) is 49.4 Å². The Morgan fingerprint density at radius 1 is 1.06 bits per heavy atom. The number of nitrogens with zero attached hydrogens (tertiary/aromatic N) is 1. The first-order valence-corrected chi connectivity index (χ1v) is 11.6. The van der Waals surface area contributed by atoms with Crippen molar-refractivity contribution in [1.82, 2.24) is 0 Å². The molecule has 0 aromatic heterocycles. The lowest BCUT2D eigenvalue weighted by atomic mass is 10.1. The normalized spacial score (nSPS) is 14.2. The Morgan fingerprint density at radius 2 is 1.88 bits per heavy atom. The van der Waals surface area contributed by atoms with E-state index in [0.29, 0.717) is 39.3 Å². The summed E-state index contributed by atoms with van der Waals surface area (Å²) in [4.78, 5) is 16.7. The zero-order chi connectivity index (χ0) is 23.4. The summed E-state index contributed by atoms with van der Waals surface area (Å²) in [7, 11) is 0. The molecule has 4 rings (SSSR count). The minimum absolute atomic E-state index is 0.163. The van der Waals surface area contributed by atoms with Gasteiger partial charge in [0.25, 0.3) is 0 Å². The highest BCUT2D eigenvalue weighted by Crippen LogP contribution is 2.38. The Labute approximate surface area is 209 Å². The molecule has 1 aliphatic heterocycles. The Kier molecular flexibility index (Phi) is 7.38. The molecule has 0 radical (unpaired) electrons. The highest BCUT2D eigenvalue weighted by molar-refractivity contribution is 9.10. The zero-order valence-electron chi connectivity index (χ0n) is 17.5. The van der Waals surface area contributed by atoms with Crippen LogP contribution < -0.4 is 9.47 Å². The third-order valence-electron chi connectivity index (χ3n) is 4.60. The molecule has 3 aromatic carbocycles. The summed E-state index contributed by atoms with van der Waals surface area (Å²) < 4.78 is 17.9. The molecule has 0 bridgehead atoms. The summed E-state index contributed by atoms with van der Waals surface area (Å²) in [5.41, 5.74) is 2.38. The highest BCUT2D eigenvalue weighted by Gasteiger charge is 2.24. The van der Waals surface area contributed by atoms with E-state index >= 15 is 0 Å². The number of aliphatic imine (C=N–C) groups is 1. The van der Waals surface area contributed by atoms with Crippen molar-refractivity contribution in [3.8, 4) is 11.5 Å². The first-order valence-electron chi connectivity index (χ1n) is 10.0. The van der Waals surface area contributed by atoms with Crippen LogP contribution in [0, 0.1) is 0 Å². The number of carbonyl (C=O) groups is 1. The van der Waals surface area contributed by atoms with Crippen molar-refractivity contribution in [3.63, 3.8) is 0 Å². The van der Waals surface area contributed by atoms with Crippen LogP contribution in [-0.2, 0) is 16.1 Å². The monoisotopic (exact) mass is 545 g/mol. The van der Waals surface area contributed by atoms with Gasteiger partial charge in [-0.3, -0.25) is 0 Å². The van der Waals surface area contributed by atoms with Gasteiger partial charge < -0.3 is 14.2 Å². The first kappa shape index (κ1) is 23.4. The van der Waals surface area contributed by atoms with Crippen LogP contribution in [0.5, 0.6) is 11.5 Å². The van der Waals surface area contributed by atoms with Crippen molar-refractivity contribution in [2.75, 3.05) is 6.61 Å². The Bertz CT molecular complexity index is 1270.